The maximum absolute atomic E-state index is 12.2. The summed E-state index contributed by atoms with van der Waals surface area (Å²) in [7, 11) is 0. The first-order valence-electron chi connectivity index (χ1n) is 5.36. The lowest BCUT2D eigenvalue weighted by atomic mass is 9.91. The fourth-order valence-corrected chi connectivity index (χ4v) is 1.64. The van der Waals surface area contributed by atoms with Gasteiger partial charge in [0.15, 0.2) is 11.4 Å². The smallest absolute Gasteiger partial charge is 0.200 e. The third kappa shape index (κ3) is 2.24. The summed E-state index contributed by atoms with van der Waals surface area (Å²) in [6, 6.07) is 13.8. The van der Waals surface area contributed by atoms with Crippen LogP contribution in [0.15, 0.2) is 54.7 Å². The average molecular weight is 227 g/mol. The lowest BCUT2D eigenvalue weighted by Gasteiger charge is -2.20. The Morgan fingerprint density at radius 1 is 1.12 bits per heavy atom. The largest absolute Gasteiger partial charge is 0.376 e. The van der Waals surface area contributed by atoms with Crippen molar-refractivity contribution < 1.29 is 9.90 Å². The molecule has 1 atom stereocenters. The highest BCUT2D eigenvalue weighted by Crippen LogP contribution is 2.23. The van der Waals surface area contributed by atoms with Crippen LogP contribution in [0.1, 0.15) is 23.0 Å². The average Bonchev–Trinajstić information content (AvgIpc) is 2.40. The molecule has 0 aliphatic heterocycles. The van der Waals surface area contributed by atoms with E-state index in [1.807, 2.05) is 6.07 Å². The minimum atomic E-state index is -1.59. The van der Waals surface area contributed by atoms with E-state index in [1.54, 1.807) is 48.7 Å². The lowest BCUT2D eigenvalue weighted by molar-refractivity contribution is 0.0373. The van der Waals surface area contributed by atoms with Crippen LogP contribution in [0.4, 0.5) is 0 Å². The Kier molecular flexibility index (Phi) is 3.02. The first-order valence-corrected chi connectivity index (χ1v) is 5.36. The number of carbonyl (C=O) groups is 1. The van der Waals surface area contributed by atoms with Crippen molar-refractivity contribution in [1.29, 1.82) is 0 Å². The molecule has 0 bridgehead atoms. The minimum absolute atomic E-state index is 0.350. The fourth-order valence-electron chi connectivity index (χ4n) is 1.64. The summed E-state index contributed by atoms with van der Waals surface area (Å²) in [5.41, 5.74) is -0.764. The van der Waals surface area contributed by atoms with Gasteiger partial charge in [-0.15, -0.1) is 0 Å². The van der Waals surface area contributed by atoms with Crippen LogP contribution >= 0.6 is 0 Å². The highest BCUT2D eigenvalue weighted by Gasteiger charge is 2.34. The first kappa shape index (κ1) is 11.5. The van der Waals surface area contributed by atoms with Crippen molar-refractivity contribution in [3.05, 3.63) is 66.0 Å². The van der Waals surface area contributed by atoms with Crippen molar-refractivity contribution in [3.8, 4) is 0 Å². The molecule has 0 saturated heterocycles. The molecule has 0 radical (unpaired) electrons. The predicted octanol–water partition coefficient (Wildman–Crippen LogP) is 2.17. The van der Waals surface area contributed by atoms with Crippen LogP contribution in [-0.2, 0) is 5.60 Å². The molecular weight excluding hydrogens is 214 g/mol. The second kappa shape index (κ2) is 4.47. The van der Waals surface area contributed by atoms with Crippen molar-refractivity contribution in [1.82, 2.24) is 4.98 Å². The van der Waals surface area contributed by atoms with Gasteiger partial charge in [0.2, 0.25) is 0 Å². The summed E-state index contributed by atoms with van der Waals surface area (Å²) >= 11 is 0. The van der Waals surface area contributed by atoms with E-state index in [9.17, 15) is 9.90 Å². The van der Waals surface area contributed by atoms with E-state index >= 15 is 0 Å². The Hall–Kier alpha value is -2.00. The zero-order valence-electron chi connectivity index (χ0n) is 9.50. The standard InChI is InChI=1S/C14H13NO2/c1-14(17,12-9-5-6-10-15-12)13(16)11-7-3-2-4-8-11/h2-10,17H,1H3. The summed E-state index contributed by atoms with van der Waals surface area (Å²) in [5.74, 6) is -0.350. The highest BCUT2D eigenvalue weighted by molar-refractivity contribution is 6.02. The van der Waals surface area contributed by atoms with Gasteiger partial charge in [0.25, 0.3) is 0 Å². The molecule has 3 heteroatoms. The molecule has 1 aromatic carbocycles. The Bertz CT molecular complexity index is 506. The molecule has 86 valence electrons. The van der Waals surface area contributed by atoms with Gasteiger partial charge in [0.1, 0.15) is 0 Å². The third-order valence-corrected chi connectivity index (χ3v) is 2.64. The van der Waals surface area contributed by atoms with Crippen molar-refractivity contribution in [2.45, 2.75) is 12.5 Å². The zero-order valence-corrected chi connectivity index (χ0v) is 9.50. The molecule has 0 spiro atoms. The molecule has 0 amide bonds. The van der Waals surface area contributed by atoms with E-state index < -0.39 is 5.60 Å². The van der Waals surface area contributed by atoms with Gasteiger partial charge < -0.3 is 5.11 Å². The van der Waals surface area contributed by atoms with Crippen LogP contribution in [0.5, 0.6) is 0 Å². The van der Waals surface area contributed by atoms with Gasteiger partial charge in [-0.25, -0.2) is 0 Å². The van der Waals surface area contributed by atoms with Crippen LogP contribution in [0.2, 0.25) is 0 Å². The lowest BCUT2D eigenvalue weighted by Crippen LogP contribution is -2.33. The number of pyridine rings is 1. The molecular formula is C14H13NO2. The number of benzene rings is 1. The monoisotopic (exact) mass is 227 g/mol. The predicted molar refractivity (Wildman–Crippen MR) is 64.6 cm³/mol. The molecule has 1 heterocycles. The molecule has 17 heavy (non-hydrogen) atoms. The van der Waals surface area contributed by atoms with Gasteiger partial charge in [-0.1, -0.05) is 36.4 Å². The summed E-state index contributed by atoms with van der Waals surface area (Å²) in [5, 5.41) is 10.3. The quantitative estimate of drug-likeness (QED) is 0.817. The normalized spacial score (nSPS) is 14.0. The van der Waals surface area contributed by atoms with Gasteiger partial charge in [0.05, 0.1) is 5.69 Å². The van der Waals surface area contributed by atoms with Crippen molar-refractivity contribution in [2.24, 2.45) is 0 Å². The van der Waals surface area contributed by atoms with Gasteiger partial charge in [-0.2, -0.15) is 0 Å². The number of nitrogens with zero attached hydrogens (tertiary/aromatic N) is 1. The Balaban J connectivity index is 2.37. The molecule has 0 fully saturated rings. The molecule has 0 aliphatic carbocycles. The first-order chi connectivity index (χ1) is 8.12. The van der Waals surface area contributed by atoms with Gasteiger partial charge in [-0.3, -0.25) is 9.78 Å². The summed E-state index contributed by atoms with van der Waals surface area (Å²) < 4.78 is 0. The number of carbonyl (C=O) groups excluding carboxylic acids is 1. The van der Waals surface area contributed by atoms with Gasteiger partial charge in [0, 0.05) is 11.8 Å². The van der Waals surface area contributed by atoms with Gasteiger partial charge >= 0.3 is 0 Å². The van der Waals surface area contributed by atoms with E-state index in [-0.39, 0.29) is 5.78 Å². The van der Waals surface area contributed by atoms with Crippen LogP contribution in [-0.4, -0.2) is 15.9 Å². The zero-order chi connectivity index (χ0) is 12.3. The maximum atomic E-state index is 12.2. The number of hydrogen-bond acceptors (Lipinski definition) is 3. The van der Waals surface area contributed by atoms with E-state index in [1.165, 1.54) is 6.92 Å². The molecule has 1 N–H and O–H groups in total. The second-order valence-electron chi connectivity index (χ2n) is 3.98. The number of hydrogen-bond donors (Lipinski definition) is 1. The van der Waals surface area contributed by atoms with Crippen LogP contribution in [0.3, 0.4) is 0 Å². The van der Waals surface area contributed by atoms with Gasteiger partial charge in [-0.05, 0) is 19.1 Å². The second-order valence-corrected chi connectivity index (χ2v) is 3.98. The number of Topliss-reactive ketones (excluding diaryl/α,β-unsaturated/α-hetero) is 1. The summed E-state index contributed by atoms with van der Waals surface area (Å²) in [4.78, 5) is 16.2. The van der Waals surface area contributed by atoms with Crippen molar-refractivity contribution in [3.63, 3.8) is 0 Å². The summed E-state index contributed by atoms with van der Waals surface area (Å²) in [6.07, 6.45) is 1.56. The number of aliphatic hydroxyl groups is 1. The third-order valence-electron chi connectivity index (χ3n) is 2.64. The van der Waals surface area contributed by atoms with Crippen LogP contribution in [0.25, 0.3) is 0 Å². The Labute approximate surface area is 99.8 Å². The summed E-state index contributed by atoms with van der Waals surface area (Å²) in [6.45, 7) is 1.46. The molecule has 2 rings (SSSR count). The molecule has 1 unspecified atom stereocenters. The van der Waals surface area contributed by atoms with Crippen LogP contribution in [0, 0.1) is 0 Å². The topological polar surface area (TPSA) is 50.2 Å². The fraction of sp³-hybridized carbons (Fsp3) is 0.143. The highest BCUT2D eigenvalue weighted by atomic mass is 16.3. The van der Waals surface area contributed by atoms with E-state index in [2.05, 4.69) is 4.98 Å². The molecule has 3 nitrogen and oxygen atoms in total. The molecule has 1 aromatic heterocycles. The molecule has 0 saturated carbocycles. The molecule has 0 aliphatic rings. The Morgan fingerprint density at radius 3 is 2.35 bits per heavy atom. The number of rotatable bonds is 3. The molecule has 2 aromatic rings. The Morgan fingerprint density at radius 2 is 1.76 bits per heavy atom. The number of aromatic nitrogens is 1. The maximum Gasteiger partial charge on any atom is 0.200 e. The van der Waals surface area contributed by atoms with E-state index in [0.717, 1.165) is 0 Å². The van der Waals surface area contributed by atoms with Crippen LogP contribution < -0.4 is 0 Å². The SMILES string of the molecule is CC(O)(C(=O)c1ccccc1)c1ccccn1. The number of ketones is 1. The van der Waals surface area contributed by atoms with E-state index in [4.69, 9.17) is 0 Å². The van der Waals surface area contributed by atoms with Crippen molar-refractivity contribution >= 4 is 5.78 Å². The van der Waals surface area contributed by atoms with Crippen molar-refractivity contribution in [2.75, 3.05) is 0 Å². The minimum Gasteiger partial charge on any atom is -0.376 e. The van der Waals surface area contributed by atoms with E-state index in [0.29, 0.717) is 11.3 Å².